The number of halogens is 3. The number of benzene rings is 2. The van der Waals surface area contributed by atoms with Crippen LogP contribution in [-0.4, -0.2) is 43.0 Å². The monoisotopic (exact) mass is 438 g/mol. The number of likely N-dealkylation sites (tertiary alicyclic amines) is 1. The quantitative estimate of drug-likeness (QED) is 0.735. The van der Waals surface area contributed by atoms with Crippen molar-refractivity contribution in [2.24, 2.45) is 5.92 Å². The summed E-state index contributed by atoms with van der Waals surface area (Å²) in [6, 6.07) is 10.8. The highest BCUT2D eigenvalue weighted by Gasteiger charge is 2.25. The zero-order valence-corrected chi connectivity index (χ0v) is 17.2. The van der Waals surface area contributed by atoms with Crippen molar-refractivity contribution in [3.8, 4) is 5.75 Å². The summed E-state index contributed by atoms with van der Waals surface area (Å²) in [4.78, 5) is 26.1. The third-order valence-corrected chi connectivity index (χ3v) is 5.38. The van der Waals surface area contributed by atoms with Crippen LogP contribution in [0.25, 0.3) is 0 Å². The van der Waals surface area contributed by atoms with Crippen molar-refractivity contribution in [3.63, 3.8) is 0 Å². The lowest BCUT2D eigenvalue weighted by Gasteiger charge is -2.32. The van der Waals surface area contributed by atoms with E-state index >= 15 is 0 Å². The molecule has 2 aromatic rings. The first-order valence-corrected chi connectivity index (χ1v) is 10.1. The Labute approximate surface area is 178 Å². The number of hydrogen-bond donors (Lipinski definition) is 1. The Balaban J connectivity index is 1.40. The molecule has 5 nitrogen and oxygen atoms in total. The van der Waals surface area contributed by atoms with Crippen molar-refractivity contribution >= 4 is 35.0 Å². The molecule has 0 saturated carbocycles. The van der Waals surface area contributed by atoms with Gasteiger partial charge in [-0.05, 0) is 49.1 Å². The van der Waals surface area contributed by atoms with Gasteiger partial charge in [0.15, 0.2) is 6.61 Å². The summed E-state index contributed by atoms with van der Waals surface area (Å²) in [7, 11) is 0. The maximum absolute atomic E-state index is 13.8. The molecule has 0 spiro atoms. The number of nitrogens with zero attached hydrogens (tertiary/aromatic N) is 1. The van der Waals surface area contributed by atoms with Gasteiger partial charge in [0.05, 0.1) is 10.6 Å². The lowest BCUT2D eigenvalue weighted by atomic mass is 9.96. The molecule has 1 saturated heterocycles. The van der Waals surface area contributed by atoms with E-state index in [1.54, 1.807) is 35.2 Å². The van der Waals surface area contributed by atoms with E-state index in [1.807, 2.05) is 0 Å². The van der Waals surface area contributed by atoms with E-state index in [2.05, 4.69) is 5.32 Å². The molecule has 1 aliphatic rings. The Morgan fingerprint density at radius 3 is 2.55 bits per heavy atom. The molecule has 0 aromatic heterocycles. The summed E-state index contributed by atoms with van der Waals surface area (Å²) in [5.41, 5.74) is 0.0947. The number of rotatable bonds is 6. The highest BCUT2D eigenvalue weighted by molar-refractivity contribution is 6.35. The first kappa shape index (κ1) is 21.4. The number of nitrogens with one attached hydrogen (secondary N) is 1. The summed E-state index contributed by atoms with van der Waals surface area (Å²) in [5, 5.41) is 3.68. The van der Waals surface area contributed by atoms with Crippen LogP contribution in [0.1, 0.15) is 23.2 Å². The molecular formula is C21H21Cl2FN2O3. The third-order valence-electron chi connectivity index (χ3n) is 4.85. The molecule has 2 aromatic carbocycles. The van der Waals surface area contributed by atoms with Gasteiger partial charge in [-0.2, -0.15) is 0 Å². The van der Waals surface area contributed by atoms with Gasteiger partial charge in [0.25, 0.3) is 11.8 Å². The van der Waals surface area contributed by atoms with Crippen molar-refractivity contribution in [2.45, 2.75) is 12.8 Å². The third kappa shape index (κ3) is 5.84. The van der Waals surface area contributed by atoms with Crippen molar-refractivity contribution in [3.05, 3.63) is 63.9 Å². The van der Waals surface area contributed by atoms with E-state index in [9.17, 15) is 14.0 Å². The number of carbonyl (C=O) groups excluding carboxylic acids is 2. The van der Waals surface area contributed by atoms with Gasteiger partial charge in [-0.25, -0.2) is 4.39 Å². The van der Waals surface area contributed by atoms with Gasteiger partial charge in [0, 0.05) is 24.7 Å². The topological polar surface area (TPSA) is 58.6 Å². The summed E-state index contributed by atoms with van der Waals surface area (Å²) in [6.07, 6.45) is 1.48. The Hall–Kier alpha value is -2.31. The predicted molar refractivity (Wildman–Crippen MR) is 110 cm³/mol. The van der Waals surface area contributed by atoms with Gasteiger partial charge in [-0.15, -0.1) is 0 Å². The second-order valence-corrected chi connectivity index (χ2v) is 7.73. The van der Waals surface area contributed by atoms with Gasteiger partial charge < -0.3 is 15.0 Å². The van der Waals surface area contributed by atoms with E-state index in [0.29, 0.717) is 35.4 Å². The Kier molecular flexibility index (Phi) is 7.34. The van der Waals surface area contributed by atoms with Crippen LogP contribution in [0.2, 0.25) is 10.0 Å². The van der Waals surface area contributed by atoms with Gasteiger partial charge in [0.2, 0.25) is 0 Å². The molecule has 1 N–H and O–H groups in total. The van der Waals surface area contributed by atoms with Crippen LogP contribution < -0.4 is 10.1 Å². The average molecular weight is 439 g/mol. The Morgan fingerprint density at radius 1 is 1.14 bits per heavy atom. The smallest absolute Gasteiger partial charge is 0.257 e. The molecule has 0 aliphatic carbocycles. The molecule has 2 amide bonds. The second kappa shape index (κ2) is 9.94. The van der Waals surface area contributed by atoms with E-state index in [4.69, 9.17) is 27.9 Å². The number of hydrogen-bond acceptors (Lipinski definition) is 3. The van der Waals surface area contributed by atoms with Crippen molar-refractivity contribution in [1.29, 1.82) is 0 Å². The second-order valence-electron chi connectivity index (χ2n) is 6.88. The van der Waals surface area contributed by atoms with Crippen molar-refractivity contribution in [1.82, 2.24) is 10.2 Å². The van der Waals surface area contributed by atoms with Crippen LogP contribution in [0.5, 0.6) is 5.75 Å². The van der Waals surface area contributed by atoms with E-state index < -0.39 is 5.82 Å². The van der Waals surface area contributed by atoms with Gasteiger partial charge >= 0.3 is 0 Å². The molecule has 154 valence electrons. The van der Waals surface area contributed by atoms with Crippen LogP contribution in [0, 0.1) is 11.7 Å². The van der Waals surface area contributed by atoms with Crippen LogP contribution in [-0.2, 0) is 4.79 Å². The normalized spacial score (nSPS) is 14.5. The average Bonchev–Trinajstić information content (AvgIpc) is 2.72. The highest BCUT2D eigenvalue weighted by atomic mass is 35.5. The molecule has 0 radical (unpaired) electrons. The molecule has 0 bridgehead atoms. The molecule has 1 heterocycles. The van der Waals surface area contributed by atoms with Crippen LogP contribution in [0.3, 0.4) is 0 Å². The summed E-state index contributed by atoms with van der Waals surface area (Å²) in [5.74, 6) is -0.402. The maximum atomic E-state index is 13.8. The lowest BCUT2D eigenvalue weighted by Crippen LogP contribution is -2.42. The van der Waals surface area contributed by atoms with Crippen LogP contribution in [0.15, 0.2) is 42.5 Å². The molecule has 1 aliphatic heterocycles. The van der Waals surface area contributed by atoms with Gasteiger partial charge in [-0.1, -0.05) is 35.3 Å². The molecule has 0 atom stereocenters. The minimum Gasteiger partial charge on any atom is -0.482 e. The zero-order chi connectivity index (χ0) is 20.8. The number of ether oxygens (including phenoxy) is 1. The highest BCUT2D eigenvalue weighted by Crippen LogP contribution is 2.27. The van der Waals surface area contributed by atoms with Crippen molar-refractivity contribution < 1.29 is 18.7 Å². The molecule has 1 fully saturated rings. The molecular weight excluding hydrogens is 418 g/mol. The molecule has 29 heavy (non-hydrogen) atoms. The van der Waals surface area contributed by atoms with Crippen LogP contribution in [0.4, 0.5) is 4.39 Å². The first-order valence-electron chi connectivity index (χ1n) is 9.32. The predicted octanol–water partition coefficient (Wildman–Crippen LogP) is 4.18. The van der Waals surface area contributed by atoms with Gasteiger partial charge in [0.1, 0.15) is 11.6 Å². The van der Waals surface area contributed by atoms with Crippen LogP contribution >= 0.6 is 23.2 Å². The van der Waals surface area contributed by atoms with E-state index in [-0.39, 0.29) is 29.9 Å². The lowest BCUT2D eigenvalue weighted by molar-refractivity contribution is -0.123. The first-order chi connectivity index (χ1) is 13.9. The van der Waals surface area contributed by atoms with Gasteiger partial charge in [-0.3, -0.25) is 9.59 Å². The minimum atomic E-state index is -0.507. The number of carbonyl (C=O) groups is 2. The minimum absolute atomic E-state index is 0.0947. The number of piperidine rings is 1. The molecule has 0 unspecified atom stereocenters. The summed E-state index contributed by atoms with van der Waals surface area (Å²) >= 11 is 11.8. The SMILES string of the molecule is O=C(COc1ccc(Cl)cc1Cl)NCC1CCN(C(=O)c2ccccc2F)CC1. The fourth-order valence-electron chi connectivity index (χ4n) is 3.19. The Bertz CT molecular complexity index is 886. The molecule has 3 rings (SSSR count). The molecule has 8 heteroatoms. The maximum Gasteiger partial charge on any atom is 0.257 e. The zero-order valence-electron chi connectivity index (χ0n) is 15.7. The number of amides is 2. The van der Waals surface area contributed by atoms with E-state index in [0.717, 1.165) is 12.8 Å². The van der Waals surface area contributed by atoms with E-state index in [1.165, 1.54) is 12.1 Å². The summed E-state index contributed by atoms with van der Waals surface area (Å²) in [6.45, 7) is 1.42. The van der Waals surface area contributed by atoms with Crippen molar-refractivity contribution in [2.75, 3.05) is 26.2 Å². The Morgan fingerprint density at radius 2 is 1.86 bits per heavy atom. The fourth-order valence-corrected chi connectivity index (χ4v) is 3.65. The largest absolute Gasteiger partial charge is 0.482 e. The standard InChI is InChI=1S/C21H21Cl2FN2O3/c22-15-5-6-19(17(23)11-15)29-13-20(27)25-12-14-7-9-26(10-8-14)21(28)16-3-1-2-4-18(16)24/h1-6,11,14H,7-10,12-13H2,(H,25,27). The summed E-state index contributed by atoms with van der Waals surface area (Å²) < 4.78 is 19.2. The fraction of sp³-hybridized carbons (Fsp3) is 0.333.